The van der Waals surface area contributed by atoms with Crippen molar-refractivity contribution in [1.82, 2.24) is 5.43 Å². The zero-order valence-corrected chi connectivity index (χ0v) is 14.5. The number of halogens is 1. The minimum Gasteiger partial charge on any atom is -0.374 e. The highest BCUT2D eigenvalue weighted by atomic mass is 35.5. The first kappa shape index (κ1) is 17.0. The number of nitrogens with zero attached hydrogens (tertiary/aromatic N) is 1. The number of rotatable bonds is 5. The highest BCUT2D eigenvalue weighted by Gasteiger charge is 2.11. The van der Waals surface area contributed by atoms with Crippen LogP contribution in [-0.2, 0) is 4.79 Å². The number of hydrazone groups is 1. The number of hydrogen-bond donors (Lipinski definition) is 2. The predicted octanol–water partition coefficient (Wildman–Crippen LogP) is 4.44. The SMILES string of the molecule is C[C@H](Nc1cccc(Cl)c1)C(=O)NN=Cc1ccc2ccccc2c1. The molecule has 2 N–H and O–H groups in total. The summed E-state index contributed by atoms with van der Waals surface area (Å²) >= 11 is 5.94. The minimum absolute atomic E-state index is 0.225. The molecule has 4 nitrogen and oxygen atoms in total. The van der Waals surface area contributed by atoms with Gasteiger partial charge in [-0.3, -0.25) is 4.79 Å². The molecule has 0 aliphatic heterocycles. The van der Waals surface area contributed by atoms with Crippen LogP contribution in [0.2, 0.25) is 5.02 Å². The first-order valence-electron chi connectivity index (χ1n) is 7.96. The Morgan fingerprint density at radius 1 is 1.04 bits per heavy atom. The van der Waals surface area contributed by atoms with Crippen LogP contribution in [0.15, 0.2) is 71.8 Å². The summed E-state index contributed by atoms with van der Waals surface area (Å²) in [5, 5.41) is 10.0. The molecule has 0 fully saturated rings. The Kier molecular flexibility index (Phi) is 5.31. The molecule has 25 heavy (non-hydrogen) atoms. The Morgan fingerprint density at radius 2 is 1.84 bits per heavy atom. The standard InChI is InChI=1S/C20H18ClN3O/c1-14(23-19-8-4-7-18(21)12-19)20(25)24-22-13-15-9-10-16-5-2-3-6-17(16)11-15/h2-14,23H,1H3,(H,24,25)/t14-/m0/s1. The molecule has 3 aromatic rings. The summed E-state index contributed by atoms with van der Waals surface area (Å²) in [5.74, 6) is -0.225. The highest BCUT2D eigenvalue weighted by molar-refractivity contribution is 6.30. The molecular weight excluding hydrogens is 334 g/mol. The molecule has 0 unspecified atom stereocenters. The molecule has 1 atom stereocenters. The summed E-state index contributed by atoms with van der Waals surface area (Å²) in [6.07, 6.45) is 1.64. The molecule has 0 saturated carbocycles. The van der Waals surface area contributed by atoms with Crippen LogP contribution in [0.1, 0.15) is 12.5 Å². The average Bonchev–Trinajstić information content (AvgIpc) is 2.61. The van der Waals surface area contributed by atoms with E-state index in [9.17, 15) is 4.79 Å². The van der Waals surface area contributed by atoms with Crippen molar-refractivity contribution in [1.29, 1.82) is 0 Å². The van der Waals surface area contributed by atoms with Crippen LogP contribution >= 0.6 is 11.6 Å². The van der Waals surface area contributed by atoms with Gasteiger partial charge in [0.2, 0.25) is 0 Å². The molecular formula is C20H18ClN3O. The van der Waals surface area contributed by atoms with Gasteiger partial charge >= 0.3 is 0 Å². The van der Waals surface area contributed by atoms with Gasteiger partial charge in [-0.05, 0) is 47.5 Å². The summed E-state index contributed by atoms with van der Waals surface area (Å²) in [4.78, 5) is 12.1. The number of fused-ring (bicyclic) bond motifs is 1. The van der Waals surface area contributed by atoms with Gasteiger partial charge in [-0.1, -0.05) is 54.1 Å². The normalized spacial score (nSPS) is 12.2. The van der Waals surface area contributed by atoms with E-state index >= 15 is 0 Å². The molecule has 0 saturated heterocycles. The van der Waals surface area contributed by atoms with Gasteiger partial charge < -0.3 is 5.32 Å². The number of benzene rings is 3. The van der Waals surface area contributed by atoms with E-state index in [1.807, 2.05) is 48.5 Å². The second-order valence-corrected chi connectivity index (χ2v) is 6.15. The predicted molar refractivity (Wildman–Crippen MR) is 104 cm³/mol. The first-order valence-corrected chi connectivity index (χ1v) is 8.33. The topological polar surface area (TPSA) is 53.5 Å². The van der Waals surface area contributed by atoms with Crippen LogP contribution in [0.3, 0.4) is 0 Å². The van der Waals surface area contributed by atoms with Gasteiger partial charge in [0, 0.05) is 10.7 Å². The second kappa shape index (κ2) is 7.81. The molecule has 3 rings (SSSR count). The van der Waals surface area contributed by atoms with Crippen LogP contribution in [-0.4, -0.2) is 18.2 Å². The smallest absolute Gasteiger partial charge is 0.262 e. The van der Waals surface area contributed by atoms with Gasteiger partial charge in [0.1, 0.15) is 6.04 Å². The Bertz CT molecular complexity index is 923. The van der Waals surface area contributed by atoms with Crippen LogP contribution in [0, 0.1) is 0 Å². The van der Waals surface area contributed by atoms with Gasteiger partial charge in [-0.25, -0.2) is 5.43 Å². The Labute approximate surface area is 151 Å². The molecule has 0 heterocycles. The van der Waals surface area contributed by atoms with Crippen LogP contribution in [0.5, 0.6) is 0 Å². The van der Waals surface area contributed by atoms with E-state index in [0.29, 0.717) is 5.02 Å². The third-order valence-electron chi connectivity index (χ3n) is 3.76. The lowest BCUT2D eigenvalue weighted by Gasteiger charge is -2.13. The maximum atomic E-state index is 12.1. The van der Waals surface area contributed by atoms with Gasteiger partial charge in [0.15, 0.2) is 0 Å². The fraction of sp³-hybridized carbons (Fsp3) is 0.100. The van der Waals surface area contributed by atoms with Crippen LogP contribution < -0.4 is 10.7 Å². The van der Waals surface area contributed by atoms with E-state index < -0.39 is 6.04 Å². The maximum Gasteiger partial charge on any atom is 0.262 e. The lowest BCUT2D eigenvalue weighted by molar-refractivity contribution is -0.121. The maximum absolute atomic E-state index is 12.1. The Morgan fingerprint density at radius 3 is 2.64 bits per heavy atom. The fourth-order valence-corrected chi connectivity index (χ4v) is 2.64. The Hall–Kier alpha value is -2.85. The molecule has 0 aromatic heterocycles. The number of carbonyl (C=O) groups is 1. The van der Waals surface area contributed by atoms with E-state index in [-0.39, 0.29) is 5.91 Å². The summed E-state index contributed by atoms with van der Waals surface area (Å²) in [7, 11) is 0. The molecule has 0 radical (unpaired) electrons. The molecule has 0 aliphatic carbocycles. The number of anilines is 1. The quantitative estimate of drug-likeness (QED) is 0.527. The van der Waals surface area contributed by atoms with Gasteiger partial charge in [-0.15, -0.1) is 0 Å². The fourth-order valence-electron chi connectivity index (χ4n) is 2.45. The van der Waals surface area contributed by atoms with E-state index in [2.05, 4.69) is 21.9 Å². The molecule has 0 bridgehead atoms. The third kappa shape index (κ3) is 4.58. The molecule has 5 heteroatoms. The highest BCUT2D eigenvalue weighted by Crippen LogP contribution is 2.16. The molecule has 126 valence electrons. The molecule has 1 amide bonds. The molecule has 0 aliphatic rings. The van der Waals surface area contributed by atoms with Crippen molar-refractivity contribution in [2.24, 2.45) is 5.10 Å². The Balaban J connectivity index is 1.59. The van der Waals surface area contributed by atoms with Crippen molar-refractivity contribution in [3.05, 3.63) is 77.3 Å². The average molecular weight is 352 g/mol. The third-order valence-corrected chi connectivity index (χ3v) is 4.00. The van der Waals surface area contributed by atoms with Crippen LogP contribution in [0.25, 0.3) is 10.8 Å². The summed E-state index contributed by atoms with van der Waals surface area (Å²) < 4.78 is 0. The number of nitrogens with one attached hydrogen (secondary N) is 2. The van der Waals surface area contributed by atoms with Gasteiger partial charge in [0.05, 0.1) is 6.21 Å². The lowest BCUT2D eigenvalue weighted by Crippen LogP contribution is -2.34. The van der Waals surface area contributed by atoms with Crippen molar-refractivity contribution < 1.29 is 4.79 Å². The number of carbonyl (C=O) groups excluding carboxylic acids is 1. The summed E-state index contributed by atoms with van der Waals surface area (Å²) in [6, 6.07) is 20.9. The molecule has 3 aromatic carbocycles. The lowest BCUT2D eigenvalue weighted by atomic mass is 10.1. The van der Waals surface area contributed by atoms with Crippen LogP contribution in [0.4, 0.5) is 5.69 Å². The van der Waals surface area contributed by atoms with E-state index in [0.717, 1.165) is 16.6 Å². The number of hydrogen-bond acceptors (Lipinski definition) is 3. The minimum atomic E-state index is -0.438. The van der Waals surface area contributed by atoms with Crippen molar-refractivity contribution in [3.63, 3.8) is 0 Å². The summed E-state index contributed by atoms with van der Waals surface area (Å²) in [6.45, 7) is 1.77. The van der Waals surface area contributed by atoms with E-state index in [4.69, 9.17) is 11.6 Å². The second-order valence-electron chi connectivity index (χ2n) is 5.72. The van der Waals surface area contributed by atoms with E-state index in [1.165, 1.54) is 5.39 Å². The first-order chi connectivity index (χ1) is 12.1. The molecule has 0 spiro atoms. The van der Waals surface area contributed by atoms with Crippen molar-refractivity contribution >= 4 is 40.2 Å². The zero-order valence-electron chi connectivity index (χ0n) is 13.7. The largest absolute Gasteiger partial charge is 0.374 e. The van der Waals surface area contributed by atoms with Crippen molar-refractivity contribution in [2.45, 2.75) is 13.0 Å². The zero-order chi connectivity index (χ0) is 17.6. The van der Waals surface area contributed by atoms with E-state index in [1.54, 1.807) is 25.3 Å². The van der Waals surface area contributed by atoms with Crippen molar-refractivity contribution in [3.8, 4) is 0 Å². The van der Waals surface area contributed by atoms with Gasteiger partial charge in [0.25, 0.3) is 5.91 Å². The van der Waals surface area contributed by atoms with Gasteiger partial charge in [-0.2, -0.15) is 5.10 Å². The monoisotopic (exact) mass is 351 g/mol. The summed E-state index contributed by atoms with van der Waals surface area (Å²) in [5.41, 5.74) is 4.26. The van der Waals surface area contributed by atoms with Crippen molar-refractivity contribution in [2.75, 3.05) is 5.32 Å². The number of amides is 1.